The fourth-order valence-electron chi connectivity index (χ4n) is 3.17. The van der Waals surface area contributed by atoms with Crippen LogP contribution in [0.15, 0.2) is 48.9 Å². The molecule has 3 rings (SSSR count). The topological polar surface area (TPSA) is 29.0 Å². The molecule has 3 nitrogen and oxygen atoms in total. The summed E-state index contributed by atoms with van der Waals surface area (Å²) in [6, 6.07) is 10.8. The Morgan fingerprint density at radius 3 is 2.86 bits per heavy atom. The number of aryl methyl sites for hydroxylation is 1. The average molecular weight is 281 g/mol. The molecule has 1 unspecified atom stereocenters. The normalized spacial score (nSPS) is 19.5. The van der Waals surface area contributed by atoms with E-state index in [1.165, 1.54) is 44.3 Å². The monoisotopic (exact) mass is 281 g/mol. The predicted octanol–water partition coefficient (Wildman–Crippen LogP) is 3.29. The first kappa shape index (κ1) is 14.2. The van der Waals surface area contributed by atoms with Crippen LogP contribution in [-0.4, -0.2) is 34.5 Å². The molecular weight excluding hydrogens is 258 g/mol. The minimum absolute atomic E-state index is 0.559. The fraction of sp³-hybridized carbons (Fsp3) is 0.444. The SMILES string of the molecule is c1ccc(CCCN2CCCC(c3cnccn3)C2)cc1. The first-order chi connectivity index (χ1) is 10.4. The Bertz CT molecular complexity index is 527. The van der Waals surface area contributed by atoms with Gasteiger partial charge in [0.25, 0.3) is 0 Å². The molecule has 0 radical (unpaired) electrons. The van der Waals surface area contributed by atoms with Crippen molar-refractivity contribution >= 4 is 0 Å². The van der Waals surface area contributed by atoms with Gasteiger partial charge in [-0.15, -0.1) is 0 Å². The number of aromatic nitrogens is 2. The highest BCUT2D eigenvalue weighted by Gasteiger charge is 2.21. The molecule has 1 atom stereocenters. The molecule has 2 heterocycles. The predicted molar refractivity (Wildman–Crippen MR) is 85.2 cm³/mol. The third kappa shape index (κ3) is 4.11. The van der Waals surface area contributed by atoms with Gasteiger partial charge in [-0.1, -0.05) is 30.3 Å². The molecule has 0 spiro atoms. The Labute approximate surface area is 127 Å². The summed E-state index contributed by atoms with van der Waals surface area (Å²) in [7, 11) is 0. The molecule has 2 aromatic rings. The van der Waals surface area contributed by atoms with E-state index in [0.717, 1.165) is 12.2 Å². The minimum Gasteiger partial charge on any atom is -0.303 e. The standard InChI is InChI=1S/C18H23N3/c1-2-6-16(7-3-1)8-4-12-21-13-5-9-17(15-21)18-14-19-10-11-20-18/h1-3,6-7,10-11,14,17H,4-5,8-9,12-13,15H2. The summed E-state index contributed by atoms with van der Waals surface area (Å²) in [5.74, 6) is 0.559. The van der Waals surface area contributed by atoms with Crippen molar-refractivity contribution in [1.29, 1.82) is 0 Å². The molecular formula is C18H23N3. The van der Waals surface area contributed by atoms with Crippen molar-refractivity contribution in [2.24, 2.45) is 0 Å². The first-order valence-electron chi connectivity index (χ1n) is 7.94. The largest absolute Gasteiger partial charge is 0.303 e. The van der Waals surface area contributed by atoms with E-state index in [9.17, 15) is 0 Å². The van der Waals surface area contributed by atoms with E-state index in [2.05, 4.69) is 45.2 Å². The molecule has 3 heteroatoms. The van der Waals surface area contributed by atoms with Gasteiger partial charge in [0.15, 0.2) is 0 Å². The number of hydrogen-bond acceptors (Lipinski definition) is 3. The van der Waals surface area contributed by atoms with E-state index in [0.29, 0.717) is 5.92 Å². The first-order valence-corrected chi connectivity index (χ1v) is 7.94. The van der Waals surface area contributed by atoms with Crippen molar-refractivity contribution in [1.82, 2.24) is 14.9 Å². The third-order valence-electron chi connectivity index (χ3n) is 4.29. The maximum absolute atomic E-state index is 4.48. The Hall–Kier alpha value is -1.74. The smallest absolute Gasteiger partial charge is 0.0630 e. The number of hydrogen-bond donors (Lipinski definition) is 0. The molecule has 1 saturated heterocycles. The van der Waals surface area contributed by atoms with E-state index in [1.54, 1.807) is 6.20 Å². The van der Waals surface area contributed by atoms with Crippen LogP contribution in [0.1, 0.15) is 36.4 Å². The highest BCUT2D eigenvalue weighted by Crippen LogP contribution is 2.24. The van der Waals surface area contributed by atoms with Crippen LogP contribution >= 0.6 is 0 Å². The second-order valence-electron chi connectivity index (χ2n) is 5.86. The van der Waals surface area contributed by atoms with E-state index in [4.69, 9.17) is 0 Å². The third-order valence-corrected chi connectivity index (χ3v) is 4.29. The second-order valence-corrected chi connectivity index (χ2v) is 5.86. The van der Waals surface area contributed by atoms with Gasteiger partial charge in [0.1, 0.15) is 0 Å². The van der Waals surface area contributed by atoms with Gasteiger partial charge in [-0.05, 0) is 44.3 Å². The molecule has 21 heavy (non-hydrogen) atoms. The van der Waals surface area contributed by atoms with E-state index in [-0.39, 0.29) is 0 Å². The van der Waals surface area contributed by atoms with Gasteiger partial charge in [-0.3, -0.25) is 9.97 Å². The number of likely N-dealkylation sites (tertiary alicyclic amines) is 1. The summed E-state index contributed by atoms with van der Waals surface area (Å²) in [5, 5.41) is 0. The Kier molecular flexibility index (Phi) is 4.95. The lowest BCUT2D eigenvalue weighted by Gasteiger charge is -2.32. The minimum atomic E-state index is 0.559. The van der Waals surface area contributed by atoms with Crippen LogP contribution < -0.4 is 0 Å². The zero-order valence-electron chi connectivity index (χ0n) is 12.5. The summed E-state index contributed by atoms with van der Waals surface area (Å²) >= 11 is 0. The van der Waals surface area contributed by atoms with E-state index in [1.807, 2.05) is 12.4 Å². The van der Waals surface area contributed by atoms with E-state index < -0.39 is 0 Å². The van der Waals surface area contributed by atoms with Crippen LogP contribution in [0.4, 0.5) is 0 Å². The quantitative estimate of drug-likeness (QED) is 0.842. The van der Waals surface area contributed by atoms with Crippen LogP contribution in [-0.2, 0) is 6.42 Å². The number of rotatable bonds is 5. The van der Waals surface area contributed by atoms with Gasteiger partial charge in [0, 0.05) is 31.1 Å². The lowest BCUT2D eigenvalue weighted by molar-refractivity contribution is 0.204. The molecule has 0 N–H and O–H groups in total. The summed E-state index contributed by atoms with van der Waals surface area (Å²) in [6.07, 6.45) is 10.4. The fourth-order valence-corrected chi connectivity index (χ4v) is 3.17. The Morgan fingerprint density at radius 2 is 2.05 bits per heavy atom. The highest BCUT2D eigenvalue weighted by molar-refractivity contribution is 5.14. The molecule has 0 bridgehead atoms. The number of benzene rings is 1. The molecule has 1 aromatic heterocycles. The summed E-state index contributed by atoms with van der Waals surface area (Å²) < 4.78 is 0. The lowest BCUT2D eigenvalue weighted by Crippen LogP contribution is -2.35. The number of piperidine rings is 1. The molecule has 1 aromatic carbocycles. The van der Waals surface area contributed by atoms with Gasteiger partial charge >= 0.3 is 0 Å². The van der Waals surface area contributed by atoms with Crippen LogP contribution in [0.3, 0.4) is 0 Å². The van der Waals surface area contributed by atoms with Gasteiger partial charge < -0.3 is 4.90 Å². The average Bonchev–Trinajstić information content (AvgIpc) is 2.57. The Morgan fingerprint density at radius 1 is 1.14 bits per heavy atom. The van der Waals surface area contributed by atoms with Crippen LogP contribution in [0.25, 0.3) is 0 Å². The van der Waals surface area contributed by atoms with Crippen molar-refractivity contribution in [2.45, 2.75) is 31.6 Å². The van der Waals surface area contributed by atoms with Gasteiger partial charge in [0.2, 0.25) is 0 Å². The molecule has 110 valence electrons. The summed E-state index contributed by atoms with van der Waals surface area (Å²) in [4.78, 5) is 11.3. The number of nitrogens with zero attached hydrogens (tertiary/aromatic N) is 3. The van der Waals surface area contributed by atoms with Gasteiger partial charge in [0.05, 0.1) is 5.69 Å². The molecule has 0 amide bonds. The van der Waals surface area contributed by atoms with Gasteiger partial charge in [-0.25, -0.2) is 0 Å². The second kappa shape index (κ2) is 7.32. The zero-order chi connectivity index (χ0) is 14.3. The van der Waals surface area contributed by atoms with Crippen LogP contribution in [0.2, 0.25) is 0 Å². The van der Waals surface area contributed by atoms with Crippen molar-refractivity contribution < 1.29 is 0 Å². The van der Waals surface area contributed by atoms with Gasteiger partial charge in [-0.2, -0.15) is 0 Å². The molecule has 1 fully saturated rings. The van der Waals surface area contributed by atoms with Crippen LogP contribution in [0.5, 0.6) is 0 Å². The molecule has 0 saturated carbocycles. The summed E-state index contributed by atoms with van der Waals surface area (Å²) in [6.45, 7) is 3.55. The maximum atomic E-state index is 4.48. The lowest BCUT2D eigenvalue weighted by atomic mass is 9.95. The van der Waals surface area contributed by atoms with Crippen molar-refractivity contribution in [3.63, 3.8) is 0 Å². The van der Waals surface area contributed by atoms with E-state index >= 15 is 0 Å². The van der Waals surface area contributed by atoms with Crippen LogP contribution in [0, 0.1) is 0 Å². The van der Waals surface area contributed by atoms with Crippen molar-refractivity contribution in [3.8, 4) is 0 Å². The summed E-state index contributed by atoms with van der Waals surface area (Å²) in [5.41, 5.74) is 2.60. The highest BCUT2D eigenvalue weighted by atomic mass is 15.1. The maximum Gasteiger partial charge on any atom is 0.0630 e. The molecule has 1 aliphatic rings. The van der Waals surface area contributed by atoms with Crippen molar-refractivity contribution in [2.75, 3.05) is 19.6 Å². The Balaban J connectivity index is 1.48. The van der Waals surface area contributed by atoms with Crippen molar-refractivity contribution in [3.05, 3.63) is 60.2 Å². The molecule has 0 aliphatic carbocycles. The zero-order valence-corrected chi connectivity index (χ0v) is 12.5. The molecule has 1 aliphatic heterocycles.